The molecule has 1 aliphatic carbocycles. The first-order chi connectivity index (χ1) is 10.2. The fourth-order valence-corrected chi connectivity index (χ4v) is 2.71. The molecular formula is C16H19N3O2. The first-order valence-corrected chi connectivity index (χ1v) is 7.47. The first kappa shape index (κ1) is 13.8. The van der Waals surface area contributed by atoms with E-state index in [0.717, 1.165) is 29.7 Å². The number of benzene rings is 1. The predicted molar refractivity (Wildman–Crippen MR) is 83.4 cm³/mol. The lowest BCUT2D eigenvalue weighted by molar-refractivity contribution is -0.384. The average molecular weight is 285 g/mol. The van der Waals surface area contributed by atoms with Gasteiger partial charge in [-0.3, -0.25) is 10.1 Å². The van der Waals surface area contributed by atoms with Crippen LogP contribution in [-0.2, 0) is 0 Å². The van der Waals surface area contributed by atoms with Crippen LogP contribution in [0.3, 0.4) is 0 Å². The second-order valence-electron chi connectivity index (χ2n) is 5.72. The van der Waals surface area contributed by atoms with Crippen LogP contribution in [0.5, 0.6) is 0 Å². The zero-order valence-electron chi connectivity index (χ0n) is 12.1. The van der Waals surface area contributed by atoms with Gasteiger partial charge in [0.2, 0.25) is 0 Å². The van der Waals surface area contributed by atoms with Gasteiger partial charge in [-0.05, 0) is 24.8 Å². The van der Waals surface area contributed by atoms with Crippen LogP contribution in [0, 0.1) is 16.0 Å². The Morgan fingerprint density at radius 3 is 2.86 bits per heavy atom. The molecule has 0 aliphatic heterocycles. The number of fused-ring (bicyclic) bond motifs is 1. The van der Waals surface area contributed by atoms with E-state index in [2.05, 4.69) is 17.2 Å². The minimum atomic E-state index is -0.356. The number of aromatic nitrogens is 1. The molecule has 1 fully saturated rings. The van der Waals surface area contributed by atoms with Crippen molar-refractivity contribution in [2.45, 2.75) is 38.6 Å². The molecule has 1 atom stereocenters. The molecule has 1 aromatic carbocycles. The molecule has 1 heterocycles. The van der Waals surface area contributed by atoms with Crippen molar-refractivity contribution in [2.75, 3.05) is 5.32 Å². The fraction of sp³-hybridized carbons (Fsp3) is 0.438. The molecule has 2 aromatic rings. The second-order valence-corrected chi connectivity index (χ2v) is 5.72. The Labute approximate surface area is 123 Å². The third-order valence-electron chi connectivity index (χ3n) is 4.11. The van der Waals surface area contributed by atoms with Crippen LogP contribution in [0.4, 0.5) is 11.4 Å². The summed E-state index contributed by atoms with van der Waals surface area (Å²) in [4.78, 5) is 15.1. The summed E-state index contributed by atoms with van der Waals surface area (Å²) >= 11 is 0. The van der Waals surface area contributed by atoms with Gasteiger partial charge in [-0.1, -0.05) is 38.0 Å². The Kier molecular flexibility index (Phi) is 3.73. The summed E-state index contributed by atoms with van der Waals surface area (Å²) in [5.74, 6) is 0.787. The average Bonchev–Trinajstić information content (AvgIpc) is 3.30. The first-order valence-electron chi connectivity index (χ1n) is 7.47. The summed E-state index contributed by atoms with van der Waals surface area (Å²) in [5, 5.41) is 15.5. The monoisotopic (exact) mass is 285 g/mol. The number of hydrogen-bond donors (Lipinski definition) is 1. The van der Waals surface area contributed by atoms with Crippen LogP contribution in [0.1, 0.15) is 32.6 Å². The summed E-state index contributed by atoms with van der Waals surface area (Å²) < 4.78 is 0. The van der Waals surface area contributed by atoms with Crippen LogP contribution in [0.15, 0.2) is 30.5 Å². The van der Waals surface area contributed by atoms with Crippen LogP contribution in [0.2, 0.25) is 0 Å². The number of para-hydroxylation sites is 1. The maximum absolute atomic E-state index is 11.3. The van der Waals surface area contributed by atoms with Gasteiger partial charge in [0.25, 0.3) is 0 Å². The van der Waals surface area contributed by atoms with Crippen molar-refractivity contribution < 1.29 is 4.92 Å². The van der Waals surface area contributed by atoms with E-state index >= 15 is 0 Å². The molecule has 0 amide bonds. The van der Waals surface area contributed by atoms with Gasteiger partial charge in [0.05, 0.1) is 10.4 Å². The number of hydrogen-bond acceptors (Lipinski definition) is 4. The minimum Gasteiger partial charge on any atom is -0.376 e. The molecule has 5 heteroatoms. The lowest BCUT2D eigenvalue weighted by Gasteiger charge is -2.19. The van der Waals surface area contributed by atoms with Crippen molar-refractivity contribution in [1.29, 1.82) is 0 Å². The number of pyridine rings is 1. The van der Waals surface area contributed by atoms with E-state index in [1.54, 1.807) is 0 Å². The SMILES string of the molecule is CCC(CC1CC1)Nc1c([N+](=O)[O-])cnc2ccccc12. The lowest BCUT2D eigenvalue weighted by Crippen LogP contribution is -2.20. The van der Waals surface area contributed by atoms with E-state index in [-0.39, 0.29) is 16.7 Å². The summed E-state index contributed by atoms with van der Waals surface area (Å²) in [6, 6.07) is 7.84. The molecule has 0 saturated heterocycles. The zero-order chi connectivity index (χ0) is 14.8. The predicted octanol–water partition coefficient (Wildman–Crippen LogP) is 4.13. The van der Waals surface area contributed by atoms with Crippen molar-refractivity contribution in [3.63, 3.8) is 0 Å². The Morgan fingerprint density at radius 1 is 1.43 bits per heavy atom. The highest BCUT2D eigenvalue weighted by atomic mass is 16.6. The highest BCUT2D eigenvalue weighted by molar-refractivity contribution is 5.95. The van der Waals surface area contributed by atoms with Crippen molar-refractivity contribution in [1.82, 2.24) is 4.98 Å². The van der Waals surface area contributed by atoms with Crippen LogP contribution < -0.4 is 5.32 Å². The van der Waals surface area contributed by atoms with Crippen LogP contribution >= 0.6 is 0 Å². The highest BCUT2D eigenvalue weighted by Gasteiger charge is 2.26. The normalized spacial score (nSPS) is 15.9. The van der Waals surface area contributed by atoms with E-state index in [0.29, 0.717) is 5.69 Å². The molecule has 3 rings (SSSR count). The molecular weight excluding hydrogens is 266 g/mol. The van der Waals surface area contributed by atoms with E-state index in [4.69, 9.17) is 0 Å². The van der Waals surface area contributed by atoms with Gasteiger partial charge in [-0.25, -0.2) is 4.98 Å². The Balaban J connectivity index is 2.00. The summed E-state index contributed by atoms with van der Waals surface area (Å²) in [5.41, 5.74) is 1.45. The number of nitrogens with one attached hydrogen (secondary N) is 1. The van der Waals surface area contributed by atoms with Gasteiger partial charge >= 0.3 is 5.69 Å². The molecule has 1 N–H and O–H groups in total. The Morgan fingerprint density at radius 2 is 2.19 bits per heavy atom. The smallest absolute Gasteiger partial charge is 0.311 e. The lowest BCUT2D eigenvalue weighted by atomic mass is 10.1. The highest BCUT2D eigenvalue weighted by Crippen LogP contribution is 2.37. The van der Waals surface area contributed by atoms with Crippen molar-refractivity contribution in [3.05, 3.63) is 40.6 Å². The van der Waals surface area contributed by atoms with Crippen molar-refractivity contribution in [3.8, 4) is 0 Å². The summed E-state index contributed by atoms with van der Waals surface area (Å²) in [7, 11) is 0. The molecule has 0 bridgehead atoms. The fourth-order valence-electron chi connectivity index (χ4n) is 2.71. The molecule has 5 nitrogen and oxygen atoms in total. The van der Waals surface area contributed by atoms with Gasteiger partial charge in [-0.15, -0.1) is 0 Å². The van der Waals surface area contributed by atoms with E-state index < -0.39 is 0 Å². The van der Waals surface area contributed by atoms with Gasteiger partial charge in [0.15, 0.2) is 0 Å². The van der Waals surface area contributed by atoms with Gasteiger partial charge in [0, 0.05) is 11.4 Å². The Hall–Kier alpha value is -2.17. The van der Waals surface area contributed by atoms with Crippen LogP contribution in [-0.4, -0.2) is 15.9 Å². The molecule has 110 valence electrons. The molecule has 1 saturated carbocycles. The maximum Gasteiger partial charge on any atom is 0.311 e. The van der Waals surface area contributed by atoms with Gasteiger partial charge in [-0.2, -0.15) is 0 Å². The van der Waals surface area contributed by atoms with E-state index in [1.165, 1.54) is 19.0 Å². The quantitative estimate of drug-likeness (QED) is 0.640. The second kappa shape index (κ2) is 5.68. The standard InChI is InChI=1S/C16H19N3O2/c1-2-12(9-11-7-8-11)18-16-13-5-3-4-6-14(13)17-10-15(16)19(20)21/h3-6,10-12H,2,7-9H2,1H3,(H,17,18). The topological polar surface area (TPSA) is 68.1 Å². The molecule has 1 aromatic heterocycles. The third kappa shape index (κ3) is 2.96. The third-order valence-corrected chi connectivity index (χ3v) is 4.11. The Bertz CT molecular complexity index is 668. The van der Waals surface area contributed by atoms with E-state index in [1.807, 2.05) is 24.3 Å². The molecule has 0 radical (unpaired) electrons. The van der Waals surface area contributed by atoms with E-state index in [9.17, 15) is 10.1 Å². The molecule has 21 heavy (non-hydrogen) atoms. The molecule has 1 aliphatic rings. The molecule has 1 unspecified atom stereocenters. The number of anilines is 1. The summed E-state index contributed by atoms with van der Waals surface area (Å²) in [6.07, 6.45) is 5.98. The minimum absolute atomic E-state index is 0.0583. The zero-order valence-corrected chi connectivity index (χ0v) is 12.1. The van der Waals surface area contributed by atoms with Crippen molar-refractivity contribution in [2.24, 2.45) is 5.92 Å². The largest absolute Gasteiger partial charge is 0.376 e. The number of rotatable bonds is 6. The summed E-state index contributed by atoms with van der Waals surface area (Å²) in [6.45, 7) is 2.12. The van der Waals surface area contributed by atoms with Gasteiger partial charge in [0.1, 0.15) is 11.9 Å². The molecule has 0 spiro atoms. The number of nitrogens with zero attached hydrogens (tertiary/aromatic N) is 2. The van der Waals surface area contributed by atoms with Crippen LogP contribution in [0.25, 0.3) is 10.9 Å². The van der Waals surface area contributed by atoms with Gasteiger partial charge < -0.3 is 5.32 Å². The van der Waals surface area contributed by atoms with Crippen molar-refractivity contribution >= 4 is 22.3 Å². The maximum atomic E-state index is 11.3. The number of nitro groups is 1.